The molecule has 0 radical (unpaired) electrons. The predicted molar refractivity (Wildman–Crippen MR) is 79.6 cm³/mol. The molecule has 1 aliphatic carbocycles. The van der Waals surface area contributed by atoms with Crippen LogP contribution in [0.1, 0.15) is 56.5 Å². The van der Waals surface area contributed by atoms with Crippen LogP contribution >= 0.6 is 0 Å². The fourth-order valence-corrected chi connectivity index (χ4v) is 2.33. The molecule has 1 unspecified atom stereocenters. The number of Topliss-reactive ketones (excluding diaryl/α,β-unsaturated/α-hetero) is 1. The second-order valence-electron chi connectivity index (χ2n) is 6.39. The van der Waals surface area contributed by atoms with E-state index in [0.29, 0.717) is 12.2 Å². The van der Waals surface area contributed by atoms with Crippen LogP contribution in [0.4, 0.5) is 0 Å². The summed E-state index contributed by atoms with van der Waals surface area (Å²) in [6.07, 6.45) is 1.68. The van der Waals surface area contributed by atoms with Crippen molar-refractivity contribution >= 4 is 11.8 Å². The third kappa shape index (κ3) is 4.06. The minimum Gasteiger partial charge on any atom is -0.479 e. The minimum absolute atomic E-state index is 0.183. The number of carbonyl (C=O) groups is 2. The number of aryl methyl sites for hydroxylation is 1. The number of ether oxygens (including phenoxy) is 2. The van der Waals surface area contributed by atoms with Crippen LogP contribution in [0.3, 0.4) is 0 Å². The highest BCUT2D eigenvalue weighted by molar-refractivity contribution is 5.98. The lowest BCUT2D eigenvalue weighted by molar-refractivity contribution is -0.162. The average Bonchev–Trinajstić information content (AvgIpc) is 2.36. The Balaban J connectivity index is 2.06. The summed E-state index contributed by atoms with van der Waals surface area (Å²) in [5.41, 5.74) is 1.25. The average molecular weight is 290 g/mol. The molecule has 4 nitrogen and oxygen atoms in total. The molecule has 0 spiro atoms. The zero-order chi connectivity index (χ0) is 15.6. The van der Waals surface area contributed by atoms with Gasteiger partial charge >= 0.3 is 5.97 Å². The van der Waals surface area contributed by atoms with Gasteiger partial charge in [0.05, 0.1) is 0 Å². The highest BCUT2D eigenvalue weighted by Crippen LogP contribution is 2.26. The topological polar surface area (TPSA) is 52.6 Å². The summed E-state index contributed by atoms with van der Waals surface area (Å²) in [6.45, 7) is 7.13. The van der Waals surface area contributed by atoms with Crippen LogP contribution in [0.5, 0.6) is 5.75 Å². The van der Waals surface area contributed by atoms with Crippen molar-refractivity contribution in [3.63, 3.8) is 0 Å². The van der Waals surface area contributed by atoms with Crippen LogP contribution < -0.4 is 4.74 Å². The van der Waals surface area contributed by atoms with Crippen molar-refractivity contribution in [2.24, 2.45) is 0 Å². The summed E-state index contributed by atoms with van der Waals surface area (Å²) in [4.78, 5) is 23.7. The van der Waals surface area contributed by atoms with Gasteiger partial charge in [0.2, 0.25) is 0 Å². The van der Waals surface area contributed by atoms with Gasteiger partial charge in [-0.25, -0.2) is 4.79 Å². The van der Waals surface area contributed by atoms with Crippen molar-refractivity contribution in [3.8, 4) is 5.75 Å². The van der Waals surface area contributed by atoms with Crippen LogP contribution in [0, 0.1) is 0 Å². The van der Waals surface area contributed by atoms with Gasteiger partial charge in [-0.2, -0.15) is 0 Å². The van der Waals surface area contributed by atoms with E-state index >= 15 is 0 Å². The number of hydrogen-bond donors (Lipinski definition) is 0. The molecule has 0 aromatic heterocycles. The molecule has 21 heavy (non-hydrogen) atoms. The first-order chi connectivity index (χ1) is 9.76. The van der Waals surface area contributed by atoms with E-state index in [1.54, 1.807) is 19.1 Å². The second-order valence-corrected chi connectivity index (χ2v) is 6.39. The second kappa shape index (κ2) is 5.88. The Morgan fingerprint density at radius 1 is 1.24 bits per heavy atom. The summed E-state index contributed by atoms with van der Waals surface area (Å²) in [7, 11) is 0. The van der Waals surface area contributed by atoms with Crippen molar-refractivity contribution in [2.45, 2.75) is 58.7 Å². The number of hydrogen-bond acceptors (Lipinski definition) is 4. The Hall–Kier alpha value is -1.84. The van der Waals surface area contributed by atoms with Gasteiger partial charge in [-0.15, -0.1) is 0 Å². The zero-order valence-corrected chi connectivity index (χ0v) is 13.1. The lowest BCUT2D eigenvalue weighted by atomic mass is 9.90. The summed E-state index contributed by atoms with van der Waals surface area (Å²) < 4.78 is 10.9. The lowest BCUT2D eigenvalue weighted by Gasteiger charge is -2.23. The standard InChI is InChI=1S/C17H22O4/c1-11(16(19)21-17(2,3)4)20-13-8-9-14-12(10-13)6-5-7-15(14)18/h8-11H,5-7H2,1-4H3. The summed E-state index contributed by atoms with van der Waals surface area (Å²) in [5, 5.41) is 0. The molecule has 1 aliphatic rings. The molecule has 1 atom stereocenters. The van der Waals surface area contributed by atoms with E-state index in [0.717, 1.165) is 24.0 Å². The van der Waals surface area contributed by atoms with Gasteiger partial charge in [-0.1, -0.05) is 0 Å². The first kappa shape index (κ1) is 15.5. The van der Waals surface area contributed by atoms with Crippen molar-refractivity contribution in [2.75, 3.05) is 0 Å². The Bertz CT molecular complexity index is 554. The molecule has 1 aromatic carbocycles. The monoisotopic (exact) mass is 290 g/mol. The normalized spacial score (nSPS) is 16.1. The van der Waals surface area contributed by atoms with E-state index in [4.69, 9.17) is 9.47 Å². The maximum absolute atomic E-state index is 11.9. The van der Waals surface area contributed by atoms with Gasteiger partial charge in [0.1, 0.15) is 11.4 Å². The first-order valence-electron chi connectivity index (χ1n) is 7.32. The van der Waals surface area contributed by atoms with Gasteiger partial charge in [-0.05, 0) is 64.3 Å². The van der Waals surface area contributed by atoms with Crippen LogP contribution in [-0.2, 0) is 16.0 Å². The number of benzene rings is 1. The third-order valence-corrected chi connectivity index (χ3v) is 3.28. The van der Waals surface area contributed by atoms with Crippen LogP contribution in [0.15, 0.2) is 18.2 Å². The number of ketones is 1. The fraction of sp³-hybridized carbons (Fsp3) is 0.529. The number of fused-ring (bicyclic) bond motifs is 1. The van der Waals surface area contributed by atoms with Crippen molar-refractivity contribution in [3.05, 3.63) is 29.3 Å². The Morgan fingerprint density at radius 3 is 2.62 bits per heavy atom. The number of carbonyl (C=O) groups excluding carboxylic acids is 2. The van der Waals surface area contributed by atoms with E-state index in [9.17, 15) is 9.59 Å². The quantitative estimate of drug-likeness (QED) is 0.801. The van der Waals surface area contributed by atoms with Gasteiger partial charge in [-0.3, -0.25) is 4.79 Å². The molecule has 0 bridgehead atoms. The predicted octanol–water partition coefficient (Wildman–Crippen LogP) is 3.31. The molecular weight excluding hydrogens is 268 g/mol. The smallest absolute Gasteiger partial charge is 0.347 e. The SMILES string of the molecule is CC(Oc1ccc2c(c1)CCCC2=O)C(=O)OC(C)(C)C. The molecule has 0 saturated heterocycles. The summed E-state index contributed by atoms with van der Waals surface area (Å²) in [5.74, 6) is 0.390. The van der Waals surface area contributed by atoms with E-state index in [-0.39, 0.29) is 5.78 Å². The van der Waals surface area contributed by atoms with E-state index in [1.165, 1.54) is 0 Å². The molecule has 0 N–H and O–H groups in total. The molecular formula is C17H22O4. The summed E-state index contributed by atoms with van der Waals surface area (Å²) in [6, 6.07) is 5.38. The maximum Gasteiger partial charge on any atom is 0.347 e. The Kier molecular flexibility index (Phi) is 4.35. The van der Waals surface area contributed by atoms with E-state index < -0.39 is 17.7 Å². The highest BCUT2D eigenvalue weighted by Gasteiger charge is 2.24. The van der Waals surface area contributed by atoms with Gasteiger partial charge in [0.15, 0.2) is 11.9 Å². The van der Waals surface area contributed by atoms with Gasteiger partial charge in [0.25, 0.3) is 0 Å². The lowest BCUT2D eigenvalue weighted by Crippen LogP contribution is -2.33. The van der Waals surface area contributed by atoms with Crippen LogP contribution in [-0.4, -0.2) is 23.5 Å². The fourth-order valence-electron chi connectivity index (χ4n) is 2.33. The molecule has 0 amide bonds. The molecule has 0 saturated carbocycles. The van der Waals surface area contributed by atoms with E-state index in [1.807, 2.05) is 26.8 Å². The molecule has 0 aliphatic heterocycles. The molecule has 0 heterocycles. The molecule has 4 heteroatoms. The van der Waals surface area contributed by atoms with Crippen molar-refractivity contribution < 1.29 is 19.1 Å². The van der Waals surface area contributed by atoms with Crippen molar-refractivity contribution in [1.29, 1.82) is 0 Å². The molecule has 1 aromatic rings. The Morgan fingerprint density at radius 2 is 1.95 bits per heavy atom. The maximum atomic E-state index is 11.9. The van der Waals surface area contributed by atoms with Gasteiger partial charge < -0.3 is 9.47 Å². The van der Waals surface area contributed by atoms with Crippen LogP contribution in [0.25, 0.3) is 0 Å². The van der Waals surface area contributed by atoms with Gasteiger partial charge in [0, 0.05) is 12.0 Å². The third-order valence-electron chi connectivity index (χ3n) is 3.28. The molecule has 114 valence electrons. The van der Waals surface area contributed by atoms with E-state index in [2.05, 4.69) is 0 Å². The summed E-state index contributed by atoms with van der Waals surface area (Å²) >= 11 is 0. The minimum atomic E-state index is -0.679. The van der Waals surface area contributed by atoms with Crippen molar-refractivity contribution in [1.82, 2.24) is 0 Å². The zero-order valence-electron chi connectivity index (χ0n) is 13.1. The molecule has 0 fully saturated rings. The first-order valence-corrected chi connectivity index (χ1v) is 7.32. The Labute approximate surface area is 125 Å². The number of rotatable bonds is 3. The number of esters is 1. The van der Waals surface area contributed by atoms with Crippen LogP contribution in [0.2, 0.25) is 0 Å². The highest BCUT2D eigenvalue weighted by atomic mass is 16.6. The molecule has 2 rings (SSSR count). The largest absolute Gasteiger partial charge is 0.479 e.